The van der Waals surface area contributed by atoms with E-state index in [9.17, 15) is 5.11 Å². The van der Waals surface area contributed by atoms with Gasteiger partial charge in [0.05, 0.1) is 12.1 Å². The van der Waals surface area contributed by atoms with Crippen LogP contribution in [0.2, 0.25) is 0 Å². The molecule has 0 amide bonds. The van der Waals surface area contributed by atoms with Crippen LogP contribution < -0.4 is 0 Å². The van der Waals surface area contributed by atoms with Crippen molar-refractivity contribution in [2.24, 2.45) is 7.05 Å². The Kier molecular flexibility index (Phi) is 4.72. The third kappa shape index (κ3) is 3.94. The highest BCUT2D eigenvalue weighted by Gasteiger charge is 2.35. The summed E-state index contributed by atoms with van der Waals surface area (Å²) in [6.07, 6.45) is 5.67. The van der Waals surface area contributed by atoms with Gasteiger partial charge in [-0.1, -0.05) is 12.1 Å². The van der Waals surface area contributed by atoms with Crippen LogP contribution in [0.3, 0.4) is 0 Å². The van der Waals surface area contributed by atoms with Crippen LogP contribution in [0, 0.1) is 0 Å². The molecule has 1 aliphatic rings. The van der Waals surface area contributed by atoms with E-state index in [1.807, 2.05) is 11.6 Å². The molecular formula is C15H24N6O2. The predicted octanol–water partition coefficient (Wildman–Crippen LogP) is 0.720. The highest BCUT2D eigenvalue weighted by molar-refractivity contribution is 4.99. The molecular weight excluding hydrogens is 296 g/mol. The minimum atomic E-state index is -0.783. The molecule has 0 aromatic carbocycles. The van der Waals surface area contributed by atoms with Gasteiger partial charge < -0.3 is 14.2 Å². The van der Waals surface area contributed by atoms with Gasteiger partial charge in [0.25, 0.3) is 0 Å². The third-order valence-electron chi connectivity index (χ3n) is 4.27. The van der Waals surface area contributed by atoms with Crippen molar-refractivity contribution < 1.29 is 9.63 Å². The molecule has 0 bridgehead atoms. The number of nitrogens with zero attached hydrogens (tertiary/aromatic N) is 6. The Morgan fingerprint density at radius 3 is 3.04 bits per heavy atom. The fraction of sp³-hybridized carbons (Fsp3) is 0.733. The van der Waals surface area contributed by atoms with Crippen LogP contribution in [-0.4, -0.2) is 53.6 Å². The molecule has 0 spiro atoms. The summed E-state index contributed by atoms with van der Waals surface area (Å²) in [5.74, 6) is 2.18. The Hall–Kier alpha value is -1.80. The number of likely N-dealkylation sites (tertiary alicyclic amines) is 1. The number of aryl methyl sites for hydroxylation is 2. The van der Waals surface area contributed by atoms with Gasteiger partial charge in [0.15, 0.2) is 5.82 Å². The molecule has 0 radical (unpaired) electrons. The van der Waals surface area contributed by atoms with Crippen molar-refractivity contribution in [1.82, 2.24) is 29.8 Å². The van der Waals surface area contributed by atoms with E-state index in [-0.39, 0.29) is 0 Å². The van der Waals surface area contributed by atoms with Crippen molar-refractivity contribution in [1.29, 1.82) is 0 Å². The van der Waals surface area contributed by atoms with Gasteiger partial charge in [-0.25, -0.2) is 0 Å². The molecule has 23 heavy (non-hydrogen) atoms. The van der Waals surface area contributed by atoms with Gasteiger partial charge in [-0.05, 0) is 25.8 Å². The maximum absolute atomic E-state index is 10.9. The first kappa shape index (κ1) is 16.1. The van der Waals surface area contributed by atoms with Gasteiger partial charge in [-0.3, -0.25) is 4.90 Å². The average molecular weight is 320 g/mol. The largest absolute Gasteiger partial charge is 0.388 e. The molecule has 8 heteroatoms. The summed E-state index contributed by atoms with van der Waals surface area (Å²) < 4.78 is 7.08. The van der Waals surface area contributed by atoms with Crippen LogP contribution in [0.1, 0.15) is 43.7 Å². The van der Waals surface area contributed by atoms with E-state index in [0.717, 1.165) is 38.1 Å². The first-order valence-corrected chi connectivity index (χ1v) is 8.17. The fourth-order valence-electron chi connectivity index (χ4n) is 3.12. The molecule has 0 aliphatic carbocycles. The second-order valence-corrected chi connectivity index (χ2v) is 6.43. The molecule has 1 aliphatic heterocycles. The zero-order chi connectivity index (χ0) is 16.3. The molecule has 1 atom stereocenters. The number of β-amino-alcohol motifs (C(OH)–C–C–N with tert-alkyl or cyclic N) is 1. The molecule has 126 valence electrons. The summed E-state index contributed by atoms with van der Waals surface area (Å²) in [6, 6.07) is 0. The highest BCUT2D eigenvalue weighted by atomic mass is 16.5. The lowest BCUT2D eigenvalue weighted by Crippen LogP contribution is -2.49. The lowest BCUT2D eigenvalue weighted by Gasteiger charge is -2.38. The molecule has 2 aromatic heterocycles. The van der Waals surface area contributed by atoms with Gasteiger partial charge in [0, 0.05) is 26.4 Å². The van der Waals surface area contributed by atoms with Crippen molar-refractivity contribution in [2.45, 2.75) is 51.2 Å². The number of aliphatic hydroxyl groups is 1. The Morgan fingerprint density at radius 2 is 2.30 bits per heavy atom. The molecule has 1 N–H and O–H groups in total. The van der Waals surface area contributed by atoms with Crippen molar-refractivity contribution >= 4 is 0 Å². The minimum Gasteiger partial charge on any atom is -0.388 e. The zero-order valence-corrected chi connectivity index (χ0v) is 13.8. The van der Waals surface area contributed by atoms with Crippen molar-refractivity contribution in [2.75, 3.05) is 13.1 Å². The van der Waals surface area contributed by atoms with E-state index < -0.39 is 5.60 Å². The van der Waals surface area contributed by atoms with Crippen LogP contribution in [-0.2, 0) is 26.4 Å². The van der Waals surface area contributed by atoms with Crippen molar-refractivity contribution in [3.63, 3.8) is 0 Å². The first-order valence-electron chi connectivity index (χ1n) is 8.17. The predicted molar refractivity (Wildman–Crippen MR) is 82.5 cm³/mol. The Balaban J connectivity index is 1.61. The van der Waals surface area contributed by atoms with Crippen LogP contribution in [0.4, 0.5) is 0 Å². The van der Waals surface area contributed by atoms with E-state index >= 15 is 0 Å². The van der Waals surface area contributed by atoms with Gasteiger partial charge >= 0.3 is 0 Å². The van der Waals surface area contributed by atoms with Gasteiger partial charge in [-0.2, -0.15) is 4.98 Å². The SMILES string of the molecule is CCCc1nc(CN2CCCC(O)(Cc3nncn3C)C2)no1. The normalized spacial score (nSPS) is 22.6. The second-order valence-electron chi connectivity index (χ2n) is 6.43. The summed E-state index contributed by atoms with van der Waals surface area (Å²) in [7, 11) is 1.90. The van der Waals surface area contributed by atoms with Gasteiger partial charge in [0.2, 0.25) is 5.89 Å². The zero-order valence-electron chi connectivity index (χ0n) is 13.8. The average Bonchev–Trinajstić information content (AvgIpc) is 3.09. The number of aromatic nitrogens is 5. The number of rotatable bonds is 6. The topological polar surface area (TPSA) is 93.1 Å². The summed E-state index contributed by atoms with van der Waals surface area (Å²) in [4.78, 5) is 6.59. The summed E-state index contributed by atoms with van der Waals surface area (Å²) in [5, 5.41) is 22.9. The van der Waals surface area contributed by atoms with E-state index in [1.54, 1.807) is 6.33 Å². The quantitative estimate of drug-likeness (QED) is 0.838. The number of hydrogen-bond donors (Lipinski definition) is 1. The van der Waals surface area contributed by atoms with Crippen LogP contribution in [0.15, 0.2) is 10.9 Å². The maximum Gasteiger partial charge on any atom is 0.226 e. The molecule has 1 unspecified atom stereocenters. The van der Waals surface area contributed by atoms with Crippen molar-refractivity contribution in [3.05, 3.63) is 23.9 Å². The number of piperidine rings is 1. The molecule has 3 rings (SSSR count). The molecule has 0 saturated carbocycles. The van der Waals surface area contributed by atoms with E-state index in [0.29, 0.717) is 31.2 Å². The van der Waals surface area contributed by atoms with E-state index in [2.05, 4.69) is 32.2 Å². The highest BCUT2D eigenvalue weighted by Crippen LogP contribution is 2.25. The summed E-state index contributed by atoms with van der Waals surface area (Å²) in [5.41, 5.74) is -0.783. The van der Waals surface area contributed by atoms with Crippen molar-refractivity contribution in [3.8, 4) is 0 Å². The van der Waals surface area contributed by atoms with Crippen LogP contribution in [0.5, 0.6) is 0 Å². The lowest BCUT2D eigenvalue weighted by molar-refractivity contribution is -0.0352. The Morgan fingerprint density at radius 1 is 1.43 bits per heavy atom. The second kappa shape index (κ2) is 6.76. The molecule has 8 nitrogen and oxygen atoms in total. The standard InChI is InChI=1S/C15H24N6O2/c1-3-5-14-17-12(19-23-14)9-21-7-4-6-15(22,10-21)8-13-18-16-11-20(13)2/h11,22H,3-10H2,1-2H3. The third-order valence-corrected chi connectivity index (χ3v) is 4.27. The molecule has 2 aromatic rings. The first-order chi connectivity index (χ1) is 11.1. The molecule has 1 fully saturated rings. The lowest BCUT2D eigenvalue weighted by atomic mass is 9.89. The maximum atomic E-state index is 10.9. The van der Waals surface area contributed by atoms with Crippen LogP contribution >= 0.6 is 0 Å². The summed E-state index contributed by atoms with van der Waals surface area (Å²) in [6.45, 7) is 4.20. The van der Waals surface area contributed by atoms with Gasteiger partial charge in [0.1, 0.15) is 12.2 Å². The Bertz CT molecular complexity index is 639. The molecule has 3 heterocycles. The fourth-order valence-corrected chi connectivity index (χ4v) is 3.12. The van der Waals surface area contributed by atoms with E-state index in [1.165, 1.54) is 0 Å². The molecule has 1 saturated heterocycles. The minimum absolute atomic E-state index is 0.507. The number of hydrogen-bond acceptors (Lipinski definition) is 7. The Labute approximate surface area is 135 Å². The van der Waals surface area contributed by atoms with Crippen LogP contribution in [0.25, 0.3) is 0 Å². The monoisotopic (exact) mass is 320 g/mol. The summed E-state index contributed by atoms with van der Waals surface area (Å²) >= 11 is 0. The smallest absolute Gasteiger partial charge is 0.226 e. The van der Waals surface area contributed by atoms with E-state index in [4.69, 9.17) is 4.52 Å². The van der Waals surface area contributed by atoms with Gasteiger partial charge in [-0.15, -0.1) is 10.2 Å².